The first kappa shape index (κ1) is 23.3. The first-order valence-electron chi connectivity index (χ1n) is 9.45. The van der Waals surface area contributed by atoms with Crippen LogP contribution in [0.2, 0.25) is 0 Å². The molecule has 1 fully saturated rings. The first-order chi connectivity index (χ1) is 13.5. The molecule has 3 N–H and O–H groups in total. The smallest absolute Gasteiger partial charge is 0.191 e. The maximum absolute atomic E-state index is 13.4. The first-order valence-corrected chi connectivity index (χ1v) is 9.45. The average molecular weight is 516 g/mol. The van der Waals surface area contributed by atoms with Crippen LogP contribution >= 0.6 is 24.0 Å². The van der Waals surface area contributed by atoms with Crippen molar-refractivity contribution in [2.24, 2.45) is 4.99 Å². The minimum absolute atomic E-state index is 0. The van der Waals surface area contributed by atoms with E-state index >= 15 is 0 Å². The van der Waals surface area contributed by atoms with Gasteiger partial charge in [0.15, 0.2) is 17.5 Å². The molecule has 3 rings (SSSR count). The molecular formula is C21H27F2IN4O. The second kappa shape index (κ2) is 11.3. The van der Waals surface area contributed by atoms with E-state index in [4.69, 9.17) is 0 Å². The summed E-state index contributed by atoms with van der Waals surface area (Å²) in [5, 5.41) is 15.8. The number of hydrogen-bond donors (Lipinski definition) is 3. The van der Waals surface area contributed by atoms with Crippen LogP contribution in [0, 0.1) is 11.6 Å². The van der Waals surface area contributed by atoms with Crippen molar-refractivity contribution in [1.82, 2.24) is 15.5 Å². The van der Waals surface area contributed by atoms with Crippen molar-refractivity contribution in [3.05, 3.63) is 65.2 Å². The summed E-state index contributed by atoms with van der Waals surface area (Å²) in [5.74, 6) is -0.513. The van der Waals surface area contributed by atoms with Crippen molar-refractivity contribution in [3.8, 4) is 5.75 Å². The van der Waals surface area contributed by atoms with E-state index in [1.165, 1.54) is 24.3 Å². The predicted molar refractivity (Wildman–Crippen MR) is 122 cm³/mol. The number of aromatic hydroxyl groups is 1. The van der Waals surface area contributed by atoms with Crippen LogP contribution in [0.5, 0.6) is 5.75 Å². The fourth-order valence-corrected chi connectivity index (χ4v) is 3.32. The number of phenols is 1. The molecule has 1 aliphatic rings. The maximum Gasteiger partial charge on any atom is 0.191 e. The molecule has 2 aromatic rings. The van der Waals surface area contributed by atoms with Crippen LogP contribution in [0.4, 0.5) is 8.78 Å². The van der Waals surface area contributed by atoms with E-state index in [0.29, 0.717) is 18.5 Å². The molecule has 158 valence electrons. The van der Waals surface area contributed by atoms with Crippen LogP contribution in [0.25, 0.3) is 0 Å². The fourth-order valence-electron chi connectivity index (χ4n) is 3.32. The van der Waals surface area contributed by atoms with Gasteiger partial charge >= 0.3 is 0 Å². The molecular weight excluding hydrogens is 489 g/mol. The van der Waals surface area contributed by atoms with E-state index < -0.39 is 5.82 Å². The Hall–Kier alpha value is -1.94. The number of halogens is 3. The van der Waals surface area contributed by atoms with Gasteiger partial charge in [-0.15, -0.1) is 24.0 Å². The SMILES string of the molecule is CN=C(NCc1ccc(O)c(F)c1)NC1CCN(Cc2ccc(F)cc2)CC1.I. The van der Waals surface area contributed by atoms with Gasteiger partial charge in [-0.2, -0.15) is 0 Å². The topological polar surface area (TPSA) is 59.9 Å². The van der Waals surface area contributed by atoms with E-state index in [2.05, 4.69) is 20.5 Å². The molecule has 0 spiro atoms. The summed E-state index contributed by atoms with van der Waals surface area (Å²) in [7, 11) is 1.70. The summed E-state index contributed by atoms with van der Waals surface area (Å²) in [6, 6.07) is 11.3. The Kier molecular flexibility index (Phi) is 9.09. The number of rotatable bonds is 5. The predicted octanol–water partition coefficient (Wildman–Crippen LogP) is 3.62. The largest absolute Gasteiger partial charge is 0.505 e. The van der Waals surface area contributed by atoms with Gasteiger partial charge in [0.05, 0.1) is 0 Å². The van der Waals surface area contributed by atoms with Gasteiger partial charge < -0.3 is 15.7 Å². The van der Waals surface area contributed by atoms with Crippen LogP contribution in [-0.4, -0.2) is 42.1 Å². The minimum atomic E-state index is -0.629. The van der Waals surface area contributed by atoms with Gasteiger partial charge in [-0.05, 0) is 48.2 Å². The Labute approximate surface area is 187 Å². The highest BCUT2D eigenvalue weighted by Gasteiger charge is 2.20. The van der Waals surface area contributed by atoms with E-state index in [-0.39, 0.29) is 35.5 Å². The fraction of sp³-hybridized carbons (Fsp3) is 0.381. The van der Waals surface area contributed by atoms with Crippen molar-refractivity contribution in [1.29, 1.82) is 0 Å². The Morgan fingerprint density at radius 3 is 2.38 bits per heavy atom. The number of likely N-dealkylation sites (tertiary alicyclic amines) is 1. The highest BCUT2D eigenvalue weighted by atomic mass is 127. The van der Waals surface area contributed by atoms with Crippen molar-refractivity contribution in [2.45, 2.75) is 32.0 Å². The Morgan fingerprint density at radius 2 is 1.76 bits per heavy atom. The Balaban J connectivity index is 0.00000300. The molecule has 1 heterocycles. The molecule has 29 heavy (non-hydrogen) atoms. The molecule has 5 nitrogen and oxygen atoms in total. The zero-order valence-corrected chi connectivity index (χ0v) is 18.7. The molecule has 0 saturated carbocycles. The van der Waals surface area contributed by atoms with Gasteiger partial charge in [-0.1, -0.05) is 18.2 Å². The van der Waals surface area contributed by atoms with Crippen LogP contribution in [-0.2, 0) is 13.1 Å². The zero-order chi connectivity index (χ0) is 19.9. The lowest BCUT2D eigenvalue weighted by Gasteiger charge is -2.33. The number of nitrogens with zero attached hydrogens (tertiary/aromatic N) is 2. The van der Waals surface area contributed by atoms with Crippen LogP contribution in [0.3, 0.4) is 0 Å². The van der Waals surface area contributed by atoms with Gasteiger partial charge in [0.2, 0.25) is 0 Å². The third-order valence-corrected chi connectivity index (χ3v) is 4.94. The van der Waals surface area contributed by atoms with Crippen LogP contribution < -0.4 is 10.6 Å². The molecule has 1 aliphatic heterocycles. The number of benzene rings is 2. The van der Waals surface area contributed by atoms with Gasteiger partial charge in [-0.3, -0.25) is 9.89 Å². The summed E-state index contributed by atoms with van der Waals surface area (Å²) in [4.78, 5) is 6.60. The Bertz CT molecular complexity index is 809. The number of piperidine rings is 1. The number of guanidine groups is 1. The highest BCUT2D eigenvalue weighted by molar-refractivity contribution is 14.0. The second-order valence-corrected chi connectivity index (χ2v) is 7.03. The summed E-state index contributed by atoms with van der Waals surface area (Å²) in [6.07, 6.45) is 1.96. The minimum Gasteiger partial charge on any atom is -0.505 e. The van der Waals surface area contributed by atoms with Crippen LogP contribution in [0.1, 0.15) is 24.0 Å². The summed E-state index contributed by atoms with van der Waals surface area (Å²) >= 11 is 0. The standard InChI is InChI=1S/C21H26F2N4O.HI/c1-24-21(25-13-16-4-7-20(28)19(23)12-16)26-18-8-10-27(11-9-18)14-15-2-5-17(22)6-3-15;/h2-7,12,18,28H,8-11,13-14H2,1H3,(H2,24,25,26);1H. The molecule has 1 saturated heterocycles. The van der Waals surface area contributed by atoms with E-state index in [0.717, 1.165) is 43.6 Å². The molecule has 0 unspecified atom stereocenters. The van der Waals surface area contributed by atoms with Crippen molar-refractivity contribution in [3.63, 3.8) is 0 Å². The maximum atomic E-state index is 13.4. The van der Waals surface area contributed by atoms with Gasteiger partial charge in [0.1, 0.15) is 5.82 Å². The van der Waals surface area contributed by atoms with Gasteiger partial charge in [-0.25, -0.2) is 8.78 Å². The normalized spacial score (nSPS) is 15.6. The molecule has 2 aromatic carbocycles. The molecule has 0 aromatic heterocycles. The van der Waals surface area contributed by atoms with Crippen LogP contribution in [0.15, 0.2) is 47.5 Å². The second-order valence-electron chi connectivity index (χ2n) is 7.03. The van der Waals surface area contributed by atoms with Crippen molar-refractivity contribution >= 4 is 29.9 Å². The number of aliphatic imine (C=N–C) groups is 1. The molecule has 0 radical (unpaired) electrons. The lowest BCUT2D eigenvalue weighted by Crippen LogP contribution is -2.48. The number of nitrogens with one attached hydrogen (secondary N) is 2. The highest BCUT2D eigenvalue weighted by Crippen LogP contribution is 2.16. The molecule has 0 aliphatic carbocycles. The van der Waals surface area contributed by atoms with Crippen molar-refractivity contribution in [2.75, 3.05) is 20.1 Å². The van der Waals surface area contributed by atoms with Gasteiger partial charge in [0, 0.05) is 39.3 Å². The summed E-state index contributed by atoms with van der Waals surface area (Å²) in [6.45, 7) is 3.15. The average Bonchev–Trinajstić information content (AvgIpc) is 2.70. The lowest BCUT2D eigenvalue weighted by molar-refractivity contribution is 0.198. The summed E-state index contributed by atoms with van der Waals surface area (Å²) < 4.78 is 26.4. The lowest BCUT2D eigenvalue weighted by atomic mass is 10.0. The molecule has 8 heteroatoms. The van der Waals surface area contributed by atoms with E-state index in [1.54, 1.807) is 13.1 Å². The monoisotopic (exact) mass is 516 g/mol. The van der Waals surface area contributed by atoms with Gasteiger partial charge in [0.25, 0.3) is 0 Å². The molecule has 0 bridgehead atoms. The van der Waals surface area contributed by atoms with E-state index in [9.17, 15) is 13.9 Å². The molecule has 0 atom stereocenters. The van der Waals surface area contributed by atoms with E-state index in [1.807, 2.05) is 12.1 Å². The third kappa shape index (κ3) is 7.11. The molecule has 0 amide bonds. The third-order valence-electron chi connectivity index (χ3n) is 4.94. The van der Waals surface area contributed by atoms with Crippen molar-refractivity contribution < 1.29 is 13.9 Å². The summed E-state index contributed by atoms with van der Waals surface area (Å²) in [5.41, 5.74) is 1.85. The quantitative estimate of drug-likeness (QED) is 0.323. The Morgan fingerprint density at radius 1 is 1.10 bits per heavy atom. The zero-order valence-electron chi connectivity index (χ0n) is 16.4. The number of hydrogen-bond acceptors (Lipinski definition) is 3. The number of phenolic OH excluding ortho intramolecular Hbond substituents is 1.